The van der Waals surface area contributed by atoms with E-state index in [2.05, 4.69) is 5.32 Å². The lowest BCUT2D eigenvalue weighted by molar-refractivity contribution is -0.0981. The second-order valence-corrected chi connectivity index (χ2v) is 4.25. The van der Waals surface area contributed by atoms with Crippen molar-refractivity contribution < 1.29 is 10.2 Å². The molecular formula is C9H17NO2. The van der Waals surface area contributed by atoms with Crippen molar-refractivity contribution in [1.82, 2.24) is 5.32 Å². The summed E-state index contributed by atoms with van der Waals surface area (Å²) in [4.78, 5) is 0. The molecule has 0 spiro atoms. The van der Waals surface area contributed by atoms with Gasteiger partial charge in [-0.15, -0.1) is 0 Å². The van der Waals surface area contributed by atoms with Gasteiger partial charge in [0, 0.05) is 18.5 Å². The molecule has 1 heterocycles. The van der Waals surface area contributed by atoms with E-state index in [1.807, 2.05) is 0 Å². The van der Waals surface area contributed by atoms with Gasteiger partial charge in [0.25, 0.3) is 0 Å². The predicted octanol–water partition coefficient (Wildman–Crippen LogP) is -0.271. The average molecular weight is 171 g/mol. The van der Waals surface area contributed by atoms with E-state index in [-0.39, 0.29) is 18.1 Å². The molecular weight excluding hydrogens is 154 g/mol. The highest BCUT2D eigenvalue weighted by Gasteiger charge is 2.46. The lowest BCUT2D eigenvalue weighted by Crippen LogP contribution is -2.59. The highest BCUT2D eigenvalue weighted by molar-refractivity contribution is 4.99. The molecule has 3 nitrogen and oxygen atoms in total. The van der Waals surface area contributed by atoms with Crippen LogP contribution in [-0.4, -0.2) is 36.0 Å². The van der Waals surface area contributed by atoms with E-state index in [9.17, 15) is 10.2 Å². The van der Waals surface area contributed by atoms with Crippen molar-refractivity contribution in [2.45, 2.75) is 25.4 Å². The maximum absolute atomic E-state index is 9.94. The standard InChI is InChI=1S/C9H17NO2/c11-6-9-3-1-2-7(8(9)12)4-10-5-9/h7-8,10-12H,1-6H2. The van der Waals surface area contributed by atoms with Gasteiger partial charge in [-0.2, -0.15) is 0 Å². The maximum atomic E-state index is 9.94. The average Bonchev–Trinajstić information content (AvgIpc) is 2.05. The molecule has 2 fully saturated rings. The molecule has 2 rings (SSSR count). The third-order valence-electron chi connectivity index (χ3n) is 3.52. The van der Waals surface area contributed by atoms with Gasteiger partial charge in [-0.25, -0.2) is 0 Å². The van der Waals surface area contributed by atoms with Crippen LogP contribution in [-0.2, 0) is 0 Å². The Hall–Kier alpha value is -0.120. The van der Waals surface area contributed by atoms with E-state index < -0.39 is 0 Å². The van der Waals surface area contributed by atoms with Crippen molar-refractivity contribution in [1.29, 1.82) is 0 Å². The monoisotopic (exact) mass is 171 g/mol. The highest BCUT2D eigenvalue weighted by atomic mass is 16.3. The molecule has 0 aromatic heterocycles. The fraction of sp³-hybridized carbons (Fsp3) is 1.00. The number of fused-ring (bicyclic) bond motifs is 2. The first-order valence-corrected chi connectivity index (χ1v) is 4.78. The molecule has 1 aliphatic carbocycles. The van der Waals surface area contributed by atoms with Crippen LogP contribution < -0.4 is 5.32 Å². The van der Waals surface area contributed by atoms with Crippen molar-refractivity contribution >= 4 is 0 Å². The number of hydrogen-bond donors (Lipinski definition) is 3. The van der Waals surface area contributed by atoms with E-state index in [0.717, 1.165) is 32.4 Å². The molecule has 3 atom stereocenters. The van der Waals surface area contributed by atoms with Crippen LogP contribution in [0, 0.1) is 11.3 Å². The van der Waals surface area contributed by atoms with Crippen LogP contribution in [0.3, 0.4) is 0 Å². The van der Waals surface area contributed by atoms with E-state index in [1.165, 1.54) is 0 Å². The van der Waals surface area contributed by atoms with Gasteiger partial charge in [0.2, 0.25) is 0 Å². The van der Waals surface area contributed by atoms with Crippen molar-refractivity contribution in [3.63, 3.8) is 0 Å². The first kappa shape index (κ1) is 8.48. The first-order valence-electron chi connectivity index (χ1n) is 4.78. The van der Waals surface area contributed by atoms with Gasteiger partial charge in [-0.1, -0.05) is 6.42 Å². The Morgan fingerprint density at radius 3 is 3.00 bits per heavy atom. The highest BCUT2D eigenvalue weighted by Crippen LogP contribution is 2.41. The van der Waals surface area contributed by atoms with Crippen LogP contribution in [0.1, 0.15) is 19.3 Å². The van der Waals surface area contributed by atoms with Crippen molar-refractivity contribution in [3.8, 4) is 0 Å². The number of hydrogen-bond acceptors (Lipinski definition) is 3. The molecule has 2 bridgehead atoms. The third-order valence-corrected chi connectivity index (χ3v) is 3.52. The summed E-state index contributed by atoms with van der Waals surface area (Å²) in [7, 11) is 0. The van der Waals surface area contributed by atoms with Crippen molar-refractivity contribution in [2.75, 3.05) is 19.7 Å². The number of piperidine rings is 1. The van der Waals surface area contributed by atoms with Gasteiger partial charge in [0.1, 0.15) is 0 Å². The molecule has 0 aromatic rings. The summed E-state index contributed by atoms with van der Waals surface area (Å²) < 4.78 is 0. The Bertz CT molecular complexity index is 162. The van der Waals surface area contributed by atoms with E-state index >= 15 is 0 Å². The predicted molar refractivity (Wildman–Crippen MR) is 45.7 cm³/mol. The Morgan fingerprint density at radius 2 is 2.33 bits per heavy atom. The minimum absolute atomic E-state index is 0.123. The fourth-order valence-electron chi connectivity index (χ4n) is 2.66. The van der Waals surface area contributed by atoms with Crippen LogP contribution >= 0.6 is 0 Å². The second-order valence-electron chi connectivity index (χ2n) is 4.25. The fourth-order valence-corrected chi connectivity index (χ4v) is 2.66. The van der Waals surface area contributed by atoms with E-state index in [1.54, 1.807) is 0 Å². The quantitative estimate of drug-likeness (QED) is 0.509. The van der Waals surface area contributed by atoms with Crippen molar-refractivity contribution in [2.24, 2.45) is 11.3 Å². The van der Waals surface area contributed by atoms with Crippen LogP contribution in [0.5, 0.6) is 0 Å². The zero-order valence-electron chi connectivity index (χ0n) is 7.29. The summed E-state index contributed by atoms with van der Waals surface area (Å²) in [5.74, 6) is 0.375. The van der Waals surface area contributed by atoms with E-state index in [4.69, 9.17) is 0 Å². The van der Waals surface area contributed by atoms with Gasteiger partial charge < -0.3 is 15.5 Å². The second kappa shape index (κ2) is 2.98. The topological polar surface area (TPSA) is 52.5 Å². The molecule has 12 heavy (non-hydrogen) atoms. The number of aliphatic hydroxyl groups excluding tert-OH is 2. The normalized spacial score (nSPS) is 47.5. The number of nitrogens with one attached hydrogen (secondary N) is 1. The molecule has 0 aromatic carbocycles. The molecule has 0 amide bonds. The number of aliphatic hydroxyl groups is 2. The summed E-state index contributed by atoms with van der Waals surface area (Å²) in [6, 6.07) is 0. The zero-order valence-corrected chi connectivity index (χ0v) is 7.29. The first-order chi connectivity index (χ1) is 5.78. The largest absolute Gasteiger partial charge is 0.396 e. The van der Waals surface area contributed by atoms with Crippen LogP contribution in [0.4, 0.5) is 0 Å². The number of rotatable bonds is 1. The molecule has 2 aliphatic rings. The summed E-state index contributed by atoms with van der Waals surface area (Å²) in [6.45, 7) is 1.82. The molecule has 1 aliphatic heterocycles. The van der Waals surface area contributed by atoms with Crippen LogP contribution in [0.25, 0.3) is 0 Å². The Labute approximate surface area is 72.8 Å². The van der Waals surface area contributed by atoms with Gasteiger partial charge in [0.05, 0.1) is 12.7 Å². The van der Waals surface area contributed by atoms with Gasteiger partial charge in [-0.3, -0.25) is 0 Å². The SMILES string of the molecule is OCC12CCCC(CNC1)C2O. The smallest absolute Gasteiger partial charge is 0.0670 e. The van der Waals surface area contributed by atoms with Gasteiger partial charge >= 0.3 is 0 Å². The molecule has 3 heteroatoms. The molecule has 1 saturated carbocycles. The summed E-state index contributed by atoms with van der Waals surface area (Å²) in [6.07, 6.45) is 2.95. The minimum Gasteiger partial charge on any atom is -0.396 e. The van der Waals surface area contributed by atoms with Crippen molar-refractivity contribution in [3.05, 3.63) is 0 Å². The minimum atomic E-state index is -0.280. The molecule has 3 N–H and O–H groups in total. The summed E-state index contributed by atoms with van der Waals surface area (Å²) >= 11 is 0. The maximum Gasteiger partial charge on any atom is 0.0670 e. The van der Waals surface area contributed by atoms with E-state index in [0.29, 0.717) is 5.92 Å². The summed E-state index contributed by atoms with van der Waals surface area (Å²) in [5, 5.41) is 22.5. The Morgan fingerprint density at radius 1 is 1.50 bits per heavy atom. The lowest BCUT2D eigenvalue weighted by Gasteiger charge is -2.48. The molecule has 0 radical (unpaired) electrons. The molecule has 70 valence electrons. The molecule has 3 unspecified atom stereocenters. The van der Waals surface area contributed by atoms with Gasteiger partial charge in [0.15, 0.2) is 0 Å². The summed E-state index contributed by atoms with van der Waals surface area (Å²) in [5.41, 5.74) is -0.221. The Balaban J connectivity index is 2.18. The molecule has 1 saturated heterocycles. The Kier molecular flexibility index (Phi) is 2.10. The van der Waals surface area contributed by atoms with Crippen LogP contribution in [0.2, 0.25) is 0 Å². The van der Waals surface area contributed by atoms with Gasteiger partial charge in [-0.05, 0) is 18.8 Å². The lowest BCUT2D eigenvalue weighted by atomic mass is 9.65. The van der Waals surface area contributed by atoms with Crippen LogP contribution in [0.15, 0.2) is 0 Å². The third kappa shape index (κ3) is 1.08. The zero-order chi connectivity index (χ0) is 8.60.